The van der Waals surface area contributed by atoms with E-state index in [2.05, 4.69) is 72.2 Å². The predicted octanol–water partition coefficient (Wildman–Crippen LogP) is 5.45. The van der Waals surface area contributed by atoms with Crippen molar-refractivity contribution in [3.63, 3.8) is 0 Å². The number of benzene rings is 3. The van der Waals surface area contributed by atoms with Gasteiger partial charge in [0.25, 0.3) is 0 Å². The topological polar surface area (TPSA) is 12.0 Å². The fourth-order valence-corrected chi connectivity index (χ4v) is 2.96. The Balaban J connectivity index is 2.12. The van der Waals surface area contributed by atoms with Gasteiger partial charge < -0.3 is 5.32 Å². The van der Waals surface area contributed by atoms with Crippen LogP contribution in [0.2, 0.25) is 0 Å². The first-order valence-corrected chi connectivity index (χ1v) is 8.09. The van der Waals surface area contributed by atoms with E-state index in [-0.39, 0.29) is 0 Å². The molecule has 0 aliphatic carbocycles. The van der Waals surface area contributed by atoms with Gasteiger partial charge >= 0.3 is 0 Å². The molecule has 0 unspecified atom stereocenters. The van der Waals surface area contributed by atoms with Gasteiger partial charge in [-0.15, -0.1) is 0 Å². The van der Waals surface area contributed by atoms with Crippen LogP contribution in [0.4, 0.5) is 11.4 Å². The molecule has 0 radical (unpaired) electrons. The highest BCUT2D eigenvalue weighted by Gasteiger charge is 2.07. The predicted molar refractivity (Wildman–Crippen MR) is 90.9 cm³/mol. The van der Waals surface area contributed by atoms with Crippen molar-refractivity contribution >= 4 is 33.9 Å². The third-order valence-electron chi connectivity index (χ3n) is 3.36. The van der Waals surface area contributed by atoms with Crippen LogP contribution < -0.4 is 5.32 Å². The Kier molecular flexibility index (Phi) is 3.93. The lowest BCUT2D eigenvalue weighted by Gasteiger charge is -2.15. The van der Waals surface area contributed by atoms with E-state index in [4.69, 9.17) is 0 Å². The molecule has 0 spiro atoms. The Hall–Kier alpha value is -1.93. The molecule has 2 heteroatoms. The molecule has 1 N–H and O–H groups in total. The highest BCUT2D eigenvalue weighted by molar-refractivity contribution is 7.97. The van der Waals surface area contributed by atoms with E-state index in [0.717, 1.165) is 11.4 Å². The Bertz CT molecular complexity index is 707. The molecular weight excluding hydrogens is 262 g/mol. The minimum atomic E-state index is 1.01. The zero-order valence-electron chi connectivity index (χ0n) is 11.5. The molecule has 3 aromatic carbocycles. The normalized spacial score (nSPS) is 10.7. The zero-order chi connectivity index (χ0) is 13.8. The number of hydrogen-bond acceptors (Lipinski definition) is 2. The van der Waals surface area contributed by atoms with Crippen molar-refractivity contribution in [3.05, 3.63) is 72.3 Å². The number of thioether (sulfide) groups is 1. The monoisotopic (exact) mass is 279 g/mol. The molecule has 20 heavy (non-hydrogen) atoms. The fourth-order valence-electron chi connectivity index (χ4n) is 2.41. The highest BCUT2D eigenvalue weighted by Crippen LogP contribution is 2.32. The molecular formula is C18H17NS. The summed E-state index contributed by atoms with van der Waals surface area (Å²) in [4.78, 5) is 0. The number of fused-ring (bicyclic) bond motifs is 1. The lowest BCUT2D eigenvalue weighted by atomic mass is 10.0. The van der Waals surface area contributed by atoms with Crippen LogP contribution in [0.15, 0.2) is 66.7 Å². The van der Waals surface area contributed by atoms with Crippen molar-refractivity contribution in [1.82, 2.24) is 0 Å². The summed E-state index contributed by atoms with van der Waals surface area (Å²) in [6.45, 7) is 0. The van der Waals surface area contributed by atoms with Crippen molar-refractivity contribution < 1.29 is 0 Å². The molecule has 3 rings (SSSR count). The SMILES string of the molecule is CSCc1ccc2ccccc2c1Nc1ccccc1. The number of nitrogens with one attached hydrogen (secondary N) is 1. The van der Waals surface area contributed by atoms with Gasteiger partial charge in [-0.2, -0.15) is 11.8 Å². The molecule has 100 valence electrons. The molecule has 0 atom stereocenters. The first-order chi connectivity index (χ1) is 9.88. The first kappa shape index (κ1) is 13.1. The van der Waals surface area contributed by atoms with E-state index in [9.17, 15) is 0 Å². The van der Waals surface area contributed by atoms with Gasteiger partial charge in [0.2, 0.25) is 0 Å². The lowest BCUT2D eigenvalue weighted by molar-refractivity contribution is 1.42. The first-order valence-electron chi connectivity index (χ1n) is 6.70. The summed E-state index contributed by atoms with van der Waals surface area (Å²) in [5.41, 5.74) is 3.70. The molecule has 0 amide bonds. The smallest absolute Gasteiger partial charge is 0.0504 e. The van der Waals surface area contributed by atoms with Crippen molar-refractivity contribution in [3.8, 4) is 0 Å². The average Bonchev–Trinajstić information content (AvgIpc) is 2.51. The Morgan fingerprint density at radius 3 is 2.40 bits per heavy atom. The summed E-state index contributed by atoms with van der Waals surface area (Å²) in [6.07, 6.45) is 2.14. The fraction of sp³-hybridized carbons (Fsp3) is 0.111. The lowest BCUT2D eigenvalue weighted by Crippen LogP contribution is -1.96. The maximum absolute atomic E-state index is 3.59. The minimum Gasteiger partial charge on any atom is -0.355 e. The van der Waals surface area contributed by atoms with Gasteiger partial charge in [0.1, 0.15) is 0 Å². The summed E-state index contributed by atoms with van der Waals surface area (Å²) in [7, 11) is 0. The second-order valence-electron chi connectivity index (χ2n) is 4.74. The molecule has 0 saturated heterocycles. The molecule has 0 aromatic heterocycles. The Labute approximate surface area is 124 Å². The Morgan fingerprint density at radius 1 is 0.850 bits per heavy atom. The number of hydrogen-bond donors (Lipinski definition) is 1. The van der Waals surface area contributed by atoms with E-state index >= 15 is 0 Å². The summed E-state index contributed by atoms with van der Waals surface area (Å²) in [5.74, 6) is 1.01. The summed E-state index contributed by atoms with van der Waals surface area (Å²) in [5, 5.41) is 6.14. The van der Waals surface area contributed by atoms with Gasteiger partial charge in [-0.05, 0) is 29.3 Å². The van der Waals surface area contributed by atoms with Crippen LogP contribution >= 0.6 is 11.8 Å². The molecule has 0 heterocycles. The standard InChI is InChI=1S/C18H17NS/c1-20-13-15-12-11-14-7-5-6-10-17(14)18(15)19-16-8-3-2-4-9-16/h2-12,19H,13H2,1H3. The Morgan fingerprint density at radius 2 is 1.60 bits per heavy atom. The molecule has 1 nitrogen and oxygen atoms in total. The van der Waals surface area contributed by atoms with Crippen LogP contribution in [0.3, 0.4) is 0 Å². The average molecular weight is 279 g/mol. The van der Waals surface area contributed by atoms with E-state index in [1.807, 2.05) is 17.8 Å². The maximum Gasteiger partial charge on any atom is 0.0504 e. The van der Waals surface area contributed by atoms with Crippen molar-refractivity contribution in [2.24, 2.45) is 0 Å². The molecule has 0 bridgehead atoms. The van der Waals surface area contributed by atoms with Gasteiger partial charge in [-0.25, -0.2) is 0 Å². The second-order valence-corrected chi connectivity index (χ2v) is 5.61. The number of anilines is 2. The molecule has 0 aliphatic heterocycles. The van der Waals surface area contributed by atoms with Crippen LogP contribution in [0.25, 0.3) is 10.8 Å². The van der Waals surface area contributed by atoms with E-state index in [0.29, 0.717) is 0 Å². The minimum absolute atomic E-state index is 1.01. The van der Waals surface area contributed by atoms with Crippen molar-refractivity contribution in [1.29, 1.82) is 0 Å². The van der Waals surface area contributed by atoms with E-state index < -0.39 is 0 Å². The quantitative estimate of drug-likeness (QED) is 0.682. The van der Waals surface area contributed by atoms with Crippen molar-refractivity contribution in [2.45, 2.75) is 5.75 Å². The molecule has 3 aromatic rings. The van der Waals surface area contributed by atoms with Crippen LogP contribution in [0.5, 0.6) is 0 Å². The van der Waals surface area contributed by atoms with E-state index in [1.165, 1.54) is 22.0 Å². The summed E-state index contributed by atoms with van der Waals surface area (Å²) in [6, 6.07) is 23.3. The summed E-state index contributed by atoms with van der Waals surface area (Å²) < 4.78 is 0. The van der Waals surface area contributed by atoms with E-state index in [1.54, 1.807) is 0 Å². The molecule has 0 aliphatic rings. The zero-order valence-corrected chi connectivity index (χ0v) is 12.3. The largest absolute Gasteiger partial charge is 0.355 e. The second kappa shape index (κ2) is 6.02. The van der Waals surface area contributed by atoms with Crippen LogP contribution in [-0.2, 0) is 5.75 Å². The van der Waals surface area contributed by atoms with Crippen LogP contribution in [-0.4, -0.2) is 6.26 Å². The third-order valence-corrected chi connectivity index (χ3v) is 3.96. The molecule has 0 saturated carbocycles. The van der Waals surface area contributed by atoms with Gasteiger partial charge in [0, 0.05) is 16.8 Å². The molecule has 0 fully saturated rings. The van der Waals surface area contributed by atoms with Crippen molar-refractivity contribution in [2.75, 3.05) is 11.6 Å². The van der Waals surface area contributed by atoms with Gasteiger partial charge in [-0.3, -0.25) is 0 Å². The maximum atomic E-state index is 3.59. The summed E-state index contributed by atoms with van der Waals surface area (Å²) >= 11 is 1.85. The number of para-hydroxylation sites is 1. The van der Waals surface area contributed by atoms with Crippen LogP contribution in [0, 0.1) is 0 Å². The van der Waals surface area contributed by atoms with Crippen LogP contribution in [0.1, 0.15) is 5.56 Å². The van der Waals surface area contributed by atoms with Gasteiger partial charge in [0.15, 0.2) is 0 Å². The van der Waals surface area contributed by atoms with Gasteiger partial charge in [-0.1, -0.05) is 54.6 Å². The number of rotatable bonds is 4. The van der Waals surface area contributed by atoms with Gasteiger partial charge in [0.05, 0.1) is 5.69 Å². The highest BCUT2D eigenvalue weighted by atomic mass is 32.2. The third kappa shape index (κ3) is 2.66.